The van der Waals surface area contributed by atoms with Gasteiger partial charge >= 0.3 is 0 Å². The molecule has 0 bridgehead atoms. The van der Waals surface area contributed by atoms with Crippen LogP contribution in [0.4, 0.5) is 0 Å². The fourth-order valence-corrected chi connectivity index (χ4v) is 0.320. The fraction of sp³-hybridized carbons (Fsp3) is 0.200. The molecule has 0 amide bonds. The molecule has 2 heteroatoms. The Hall–Kier alpha value is -0.503. The average Bonchev–Trinajstić information content (AvgIpc) is 1.61. The van der Waals surface area contributed by atoms with Crippen LogP contribution in [0.25, 0.3) is 0 Å². The molecule has 0 aromatic carbocycles. The highest BCUT2D eigenvalue weighted by atomic mass is 28.2. The molecule has 1 nitrogen and oxygen atoms in total. The molecular weight excluding hydrogens is 104 g/mol. The summed E-state index contributed by atoms with van der Waals surface area (Å²) in [6.45, 7) is 5.57. The summed E-state index contributed by atoms with van der Waals surface area (Å²) in [4.78, 5) is 0. The summed E-state index contributed by atoms with van der Waals surface area (Å²) in [5.74, 6) is 0. The van der Waals surface area contributed by atoms with E-state index in [0.29, 0.717) is 0 Å². The van der Waals surface area contributed by atoms with E-state index in [1.54, 1.807) is 6.26 Å². The molecule has 0 aliphatic carbocycles. The zero-order valence-electron chi connectivity index (χ0n) is 4.77. The minimum atomic E-state index is 0.767. The fourth-order valence-electron chi connectivity index (χ4n) is 0.184. The summed E-state index contributed by atoms with van der Waals surface area (Å²) >= 11 is 0. The Bertz CT molecular complexity index is 86.1. The molecule has 0 heterocycles. The van der Waals surface area contributed by atoms with Crippen molar-refractivity contribution in [2.75, 3.05) is 0 Å². The van der Waals surface area contributed by atoms with Gasteiger partial charge in [0.1, 0.15) is 0 Å². The van der Waals surface area contributed by atoms with E-state index in [2.05, 4.69) is 6.58 Å². The Morgan fingerprint density at radius 1 is 1.86 bits per heavy atom. The Labute approximate surface area is 47.2 Å². The molecule has 0 fully saturated rings. The first kappa shape index (κ1) is 6.50. The number of hydrogen-bond acceptors (Lipinski definition) is 1. The van der Waals surface area contributed by atoms with Crippen molar-refractivity contribution in [1.29, 1.82) is 0 Å². The first-order valence-electron chi connectivity index (χ1n) is 2.12. The molecule has 0 unspecified atom stereocenters. The third kappa shape index (κ3) is 5.50. The van der Waals surface area contributed by atoms with Crippen molar-refractivity contribution in [1.82, 2.24) is 0 Å². The smallest absolute Gasteiger partial charge is 0.203 e. The maximum Gasteiger partial charge on any atom is 0.203 e. The van der Waals surface area contributed by atoms with E-state index in [1.807, 2.05) is 13.0 Å². The Kier molecular flexibility index (Phi) is 3.41. The molecule has 0 atom stereocenters. The van der Waals surface area contributed by atoms with Crippen molar-refractivity contribution in [3.63, 3.8) is 0 Å². The van der Waals surface area contributed by atoms with Gasteiger partial charge in [-0.15, -0.1) is 0 Å². The van der Waals surface area contributed by atoms with Crippen LogP contribution in [-0.2, 0) is 4.43 Å². The van der Waals surface area contributed by atoms with E-state index in [1.165, 1.54) is 0 Å². The van der Waals surface area contributed by atoms with Crippen molar-refractivity contribution >= 4 is 10.5 Å². The number of hydrogen-bond donors (Lipinski definition) is 0. The Morgan fingerprint density at radius 2 is 2.43 bits per heavy atom. The Morgan fingerprint density at radius 3 is 2.57 bits per heavy atom. The molecular formula is C5H10OSi. The normalized spacial score (nSPS) is 9.86. The standard InChI is InChI=1S/C5H10OSi/c1-5(2)3-4-6-7/h3-4H,1H2,2,7H3. The van der Waals surface area contributed by atoms with Crippen molar-refractivity contribution in [3.05, 3.63) is 24.5 Å². The van der Waals surface area contributed by atoms with Gasteiger partial charge in [-0.2, -0.15) is 0 Å². The van der Waals surface area contributed by atoms with Crippen molar-refractivity contribution in [3.8, 4) is 0 Å². The molecule has 0 saturated carbocycles. The highest BCUT2D eigenvalue weighted by molar-refractivity contribution is 5.98. The van der Waals surface area contributed by atoms with Gasteiger partial charge in [-0.25, -0.2) is 0 Å². The van der Waals surface area contributed by atoms with Gasteiger partial charge in [0.25, 0.3) is 0 Å². The van der Waals surface area contributed by atoms with E-state index in [9.17, 15) is 0 Å². The first-order valence-corrected chi connectivity index (χ1v) is 2.94. The molecule has 0 aliphatic rings. The average molecular weight is 114 g/mol. The monoisotopic (exact) mass is 114 g/mol. The lowest BCUT2D eigenvalue weighted by Crippen LogP contribution is -1.67. The summed E-state index contributed by atoms with van der Waals surface area (Å²) in [7, 11) is 0.767. The third-order valence-corrected chi connectivity index (χ3v) is 0.761. The maximum atomic E-state index is 4.75. The van der Waals surface area contributed by atoms with Crippen LogP contribution < -0.4 is 0 Å². The van der Waals surface area contributed by atoms with Gasteiger partial charge < -0.3 is 4.43 Å². The zero-order valence-corrected chi connectivity index (χ0v) is 6.77. The second kappa shape index (κ2) is 3.68. The van der Waals surface area contributed by atoms with E-state index in [4.69, 9.17) is 4.43 Å². The largest absolute Gasteiger partial charge is 0.558 e. The quantitative estimate of drug-likeness (QED) is 0.286. The van der Waals surface area contributed by atoms with Crippen molar-refractivity contribution < 1.29 is 4.43 Å². The summed E-state index contributed by atoms with van der Waals surface area (Å²) in [5.41, 5.74) is 1.02. The van der Waals surface area contributed by atoms with Gasteiger partial charge in [-0.05, 0) is 13.0 Å². The SMILES string of the molecule is C=C(C)C=CO[SiH3]. The van der Waals surface area contributed by atoms with Gasteiger partial charge in [0.05, 0.1) is 6.26 Å². The minimum absolute atomic E-state index is 0.767. The van der Waals surface area contributed by atoms with Gasteiger partial charge in [0.2, 0.25) is 10.5 Å². The third-order valence-electron chi connectivity index (χ3n) is 0.489. The van der Waals surface area contributed by atoms with Crippen LogP contribution in [0.15, 0.2) is 24.5 Å². The molecule has 40 valence electrons. The van der Waals surface area contributed by atoms with Crippen molar-refractivity contribution in [2.45, 2.75) is 6.92 Å². The summed E-state index contributed by atoms with van der Waals surface area (Å²) in [6.07, 6.45) is 3.50. The lowest BCUT2D eigenvalue weighted by Gasteiger charge is -1.84. The first-order chi connectivity index (χ1) is 3.27. The van der Waals surface area contributed by atoms with Crippen LogP contribution in [0.1, 0.15) is 6.92 Å². The highest BCUT2D eigenvalue weighted by Crippen LogP contribution is 1.86. The molecule has 0 radical (unpaired) electrons. The van der Waals surface area contributed by atoms with E-state index in [0.717, 1.165) is 16.1 Å². The Balaban J connectivity index is 3.26. The number of rotatable bonds is 2. The van der Waals surface area contributed by atoms with Gasteiger partial charge in [-0.1, -0.05) is 12.2 Å². The molecule has 0 saturated heterocycles. The van der Waals surface area contributed by atoms with E-state index in [-0.39, 0.29) is 0 Å². The predicted octanol–water partition coefficient (Wildman–Crippen LogP) is 0.373. The summed E-state index contributed by atoms with van der Waals surface area (Å²) in [6, 6.07) is 0. The summed E-state index contributed by atoms with van der Waals surface area (Å²) < 4.78 is 4.75. The van der Waals surface area contributed by atoms with E-state index >= 15 is 0 Å². The molecule has 0 spiro atoms. The predicted molar refractivity (Wildman–Crippen MR) is 35.0 cm³/mol. The maximum absolute atomic E-state index is 4.75. The topological polar surface area (TPSA) is 9.23 Å². The second-order valence-corrected chi connectivity index (χ2v) is 1.86. The zero-order chi connectivity index (χ0) is 5.70. The van der Waals surface area contributed by atoms with E-state index < -0.39 is 0 Å². The van der Waals surface area contributed by atoms with Gasteiger partial charge in [0, 0.05) is 0 Å². The highest BCUT2D eigenvalue weighted by Gasteiger charge is 1.67. The molecule has 0 aromatic rings. The van der Waals surface area contributed by atoms with Crippen LogP contribution >= 0.6 is 0 Å². The van der Waals surface area contributed by atoms with Crippen LogP contribution in [0.5, 0.6) is 0 Å². The molecule has 0 aromatic heterocycles. The molecule has 7 heavy (non-hydrogen) atoms. The van der Waals surface area contributed by atoms with Crippen LogP contribution in [0.3, 0.4) is 0 Å². The van der Waals surface area contributed by atoms with Gasteiger partial charge in [0.15, 0.2) is 0 Å². The van der Waals surface area contributed by atoms with Gasteiger partial charge in [-0.3, -0.25) is 0 Å². The number of allylic oxidation sites excluding steroid dienone is 2. The minimum Gasteiger partial charge on any atom is -0.558 e. The van der Waals surface area contributed by atoms with Crippen molar-refractivity contribution in [2.24, 2.45) is 0 Å². The van der Waals surface area contributed by atoms with Crippen LogP contribution in [0.2, 0.25) is 0 Å². The van der Waals surface area contributed by atoms with Crippen LogP contribution in [0, 0.1) is 0 Å². The second-order valence-electron chi connectivity index (χ2n) is 1.38. The molecule has 0 aliphatic heterocycles. The lowest BCUT2D eigenvalue weighted by molar-refractivity contribution is 0.534. The lowest BCUT2D eigenvalue weighted by atomic mass is 10.4. The summed E-state index contributed by atoms with van der Waals surface area (Å²) in [5, 5.41) is 0. The molecule has 0 rings (SSSR count). The van der Waals surface area contributed by atoms with Crippen LogP contribution in [-0.4, -0.2) is 10.5 Å². The molecule has 0 N–H and O–H groups in total.